The molecule has 5 atom stereocenters. The van der Waals surface area contributed by atoms with Crippen molar-refractivity contribution in [1.29, 1.82) is 0 Å². The Kier molecular flexibility index (Phi) is 9.17. The van der Waals surface area contributed by atoms with Gasteiger partial charge in [0.2, 0.25) is 0 Å². The summed E-state index contributed by atoms with van der Waals surface area (Å²) in [6, 6.07) is 29.4. The van der Waals surface area contributed by atoms with Crippen LogP contribution in [0.15, 0.2) is 151 Å². The summed E-state index contributed by atoms with van der Waals surface area (Å²) in [7, 11) is 0. The maximum absolute atomic E-state index is 2.69. The van der Waals surface area contributed by atoms with Crippen LogP contribution in [0.25, 0.3) is 94.6 Å². The Labute approximate surface area is 416 Å². The van der Waals surface area contributed by atoms with E-state index in [1.807, 2.05) is 0 Å². The van der Waals surface area contributed by atoms with Crippen molar-refractivity contribution in [3.8, 4) is 33.4 Å². The second kappa shape index (κ2) is 14.7. The monoisotopic (exact) mass is 909 g/mol. The summed E-state index contributed by atoms with van der Waals surface area (Å²) >= 11 is 0. The molecule has 0 amide bonds. The maximum atomic E-state index is 2.69. The Morgan fingerprint density at radius 1 is 0.486 bits per heavy atom. The molecule has 348 valence electrons. The zero-order chi connectivity index (χ0) is 48.6. The molecule has 13 rings (SSSR count). The van der Waals surface area contributed by atoms with E-state index in [1.165, 1.54) is 126 Å². The van der Waals surface area contributed by atoms with Crippen molar-refractivity contribution < 1.29 is 0 Å². The van der Waals surface area contributed by atoms with E-state index in [1.54, 1.807) is 0 Å². The first kappa shape index (κ1) is 43.8. The second-order valence-corrected chi connectivity index (χ2v) is 26.0. The molecule has 0 fully saturated rings. The normalized spacial score (nSPS) is 22.9. The smallest absolute Gasteiger partial charge is 0.0199 e. The second-order valence-electron chi connectivity index (χ2n) is 26.0. The third kappa shape index (κ3) is 6.40. The molecule has 7 aliphatic carbocycles. The summed E-state index contributed by atoms with van der Waals surface area (Å²) in [6.07, 6.45) is 33.6. The van der Waals surface area contributed by atoms with Crippen molar-refractivity contribution in [3.63, 3.8) is 0 Å². The largest absolute Gasteiger partial charge is 0.0767 e. The minimum Gasteiger partial charge on any atom is -0.0767 e. The molecule has 6 aromatic rings. The van der Waals surface area contributed by atoms with E-state index in [9.17, 15) is 0 Å². The molecule has 5 unspecified atom stereocenters. The van der Waals surface area contributed by atoms with Crippen LogP contribution in [0.2, 0.25) is 0 Å². The molecular weight excluding hydrogens is 841 g/mol. The quantitative estimate of drug-likeness (QED) is 0.152. The van der Waals surface area contributed by atoms with Gasteiger partial charge in [-0.3, -0.25) is 0 Å². The predicted octanol–water partition coefficient (Wildman–Crippen LogP) is 17.7. The number of fused-ring (bicyclic) bond motifs is 11. The molecule has 0 heterocycles. The molecular formula is C70H68. The van der Waals surface area contributed by atoms with Crippen LogP contribution in [0.4, 0.5) is 0 Å². The Balaban J connectivity index is 1.28. The van der Waals surface area contributed by atoms with Crippen LogP contribution in [-0.2, 0) is 5.41 Å². The fourth-order valence-electron chi connectivity index (χ4n) is 13.5. The SMILES string of the molecule is CC(C)(C)C1=CC2C=CC(C(C)(C)C)=CC2C(c2c3c(c(-c4cc(C(C)(C)C)cc5c4=CC(C(C)(C)C)CC=5)c4cc5c(cc24)C2=CC=CC4C=CC=C5C24)-c2cc4ccccc4c4cccc-3c24)=C1. The molecule has 0 spiro atoms. The molecule has 70 heavy (non-hydrogen) atoms. The van der Waals surface area contributed by atoms with Gasteiger partial charge < -0.3 is 0 Å². The van der Waals surface area contributed by atoms with Crippen LogP contribution in [0.5, 0.6) is 0 Å². The van der Waals surface area contributed by atoms with Crippen LogP contribution in [0.3, 0.4) is 0 Å². The molecule has 0 heteroatoms. The average Bonchev–Trinajstić information content (AvgIpc) is 3.81. The van der Waals surface area contributed by atoms with E-state index >= 15 is 0 Å². The minimum absolute atomic E-state index is 0.0163. The molecule has 0 aliphatic heterocycles. The predicted molar refractivity (Wildman–Crippen MR) is 304 cm³/mol. The van der Waals surface area contributed by atoms with Gasteiger partial charge in [-0.15, -0.1) is 0 Å². The van der Waals surface area contributed by atoms with E-state index in [4.69, 9.17) is 0 Å². The molecule has 0 bridgehead atoms. The number of allylic oxidation sites excluding steroid dienone is 16. The highest BCUT2D eigenvalue weighted by Gasteiger charge is 2.42. The van der Waals surface area contributed by atoms with Crippen LogP contribution >= 0.6 is 0 Å². The van der Waals surface area contributed by atoms with Gasteiger partial charge in [-0.25, -0.2) is 0 Å². The summed E-state index contributed by atoms with van der Waals surface area (Å²) in [5.74, 6) is 1.55. The number of rotatable bonds is 2. The van der Waals surface area contributed by atoms with Gasteiger partial charge in [-0.2, -0.15) is 0 Å². The van der Waals surface area contributed by atoms with E-state index in [-0.39, 0.29) is 33.5 Å². The van der Waals surface area contributed by atoms with Crippen molar-refractivity contribution in [2.24, 2.45) is 45.8 Å². The number of hydrogen-bond acceptors (Lipinski definition) is 0. The molecule has 7 aliphatic rings. The fraction of sp³-hybridized carbons (Fsp3) is 0.314. The van der Waals surface area contributed by atoms with Gasteiger partial charge in [-0.1, -0.05) is 211 Å². The molecule has 0 saturated heterocycles. The van der Waals surface area contributed by atoms with Crippen LogP contribution in [0.1, 0.15) is 112 Å². The summed E-state index contributed by atoms with van der Waals surface area (Å²) in [5.41, 5.74) is 21.2. The lowest BCUT2D eigenvalue weighted by atomic mass is 9.66. The lowest BCUT2D eigenvalue weighted by Gasteiger charge is -2.37. The Morgan fingerprint density at radius 3 is 1.84 bits per heavy atom. The van der Waals surface area contributed by atoms with E-state index in [2.05, 4.69) is 235 Å². The molecule has 0 N–H and O–H groups in total. The third-order valence-electron chi connectivity index (χ3n) is 17.5. The molecule has 0 saturated carbocycles. The third-order valence-corrected chi connectivity index (χ3v) is 17.5. The molecule has 0 nitrogen and oxygen atoms in total. The zero-order valence-electron chi connectivity index (χ0n) is 43.5. The number of benzene rings is 6. The summed E-state index contributed by atoms with van der Waals surface area (Å²) in [5, 5.41) is 10.9. The van der Waals surface area contributed by atoms with Crippen LogP contribution < -0.4 is 10.4 Å². The van der Waals surface area contributed by atoms with Crippen LogP contribution in [0, 0.1) is 45.8 Å². The van der Waals surface area contributed by atoms with Gasteiger partial charge in [0.15, 0.2) is 0 Å². The lowest BCUT2D eigenvalue weighted by Crippen LogP contribution is -2.36. The topological polar surface area (TPSA) is 0 Å². The van der Waals surface area contributed by atoms with Gasteiger partial charge in [0, 0.05) is 23.7 Å². The average molecular weight is 909 g/mol. The van der Waals surface area contributed by atoms with Gasteiger partial charge in [0.1, 0.15) is 0 Å². The zero-order valence-corrected chi connectivity index (χ0v) is 43.5. The molecule has 6 aromatic carbocycles. The summed E-state index contributed by atoms with van der Waals surface area (Å²) in [4.78, 5) is 0. The maximum Gasteiger partial charge on any atom is 0.0199 e. The first-order valence-electron chi connectivity index (χ1n) is 26.4. The highest BCUT2D eigenvalue weighted by Crippen LogP contribution is 2.62. The van der Waals surface area contributed by atoms with Crippen molar-refractivity contribution in [2.75, 3.05) is 0 Å². The highest BCUT2D eigenvalue weighted by molar-refractivity contribution is 6.30. The molecule has 0 radical (unpaired) electrons. The van der Waals surface area contributed by atoms with Gasteiger partial charge in [0.25, 0.3) is 0 Å². The summed E-state index contributed by atoms with van der Waals surface area (Å²) < 4.78 is 0. The molecule has 0 aromatic heterocycles. The standard InChI is InChI=1S/C70H68/c1-67(2,3)43-28-26-41-30-45(69(7,8)9)35-56(52(41)33-43)63-58-37-54-49-22-15-19-39-20-16-23-50(61(39)49)55(54)38-59(58)64(57-36-46(70(10,11)12)31-42-27-29-44(34-53(42)57)68(4,5)6)66-60-32-40-18-13-14-21-47(40)48-24-17-25-51(62(48)60)65(63)66/h13-28,30-39,41,44,52,61H,29H2,1-12H3. The first-order chi connectivity index (χ1) is 33.2. The summed E-state index contributed by atoms with van der Waals surface area (Å²) in [6.45, 7) is 28.9. The van der Waals surface area contributed by atoms with Gasteiger partial charge in [-0.05, 0) is 185 Å². The lowest BCUT2D eigenvalue weighted by molar-refractivity contribution is 0.314. The van der Waals surface area contributed by atoms with Gasteiger partial charge in [0.05, 0.1) is 0 Å². The van der Waals surface area contributed by atoms with E-state index in [0.717, 1.165) is 6.42 Å². The van der Waals surface area contributed by atoms with E-state index < -0.39 is 0 Å². The Bertz CT molecular complexity index is 3770. The van der Waals surface area contributed by atoms with Crippen molar-refractivity contribution in [3.05, 3.63) is 183 Å². The number of hydrogen-bond donors (Lipinski definition) is 0. The van der Waals surface area contributed by atoms with Gasteiger partial charge >= 0.3 is 0 Å². The van der Waals surface area contributed by atoms with Crippen molar-refractivity contribution >= 4 is 61.2 Å². The highest BCUT2D eigenvalue weighted by atomic mass is 14.4. The minimum atomic E-state index is -0.0511. The van der Waals surface area contributed by atoms with Crippen molar-refractivity contribution in [2.45, 2.75) is 94.9 Å². The first-order valence-corrected chi connectivity index (χ1v) is 26.4. The van der Waals surface area contributed by atoms with Crippen LogP contribution in [-0.4, -0.2) is 0 Å². The van der Waals surface area contributed by atoms with E-state index in [0.29, 0.717) is 17.8 Å². The Morgan fingerprint density at radius 2 is 1.16 bits per heavy atom. The van der Waals surface area contributed by atoms with Crippen molar-refractivity contribution in [1.82, 2.24) is 0 Å². The Hall–Kier alpha value is -6.24. The fourth-order valence-corrected chi connectivity index (χ4v) is 13.5.